The van der Waals surface area contributed by atoms with Crippen LogP contribution in [0.2, 0.25) is 0 Å². The molecule has 0 atom stereocenters. The molecule has 0 aromatic heterocycles. The lowest BCUT2D eigenvalue weighted by atomic mass is 9.79. The van der Waals surface area contributed by atoms with E-state index in [-0.39, 0.29) is 12.3 Å². The topological polar surface area (TPSA) is 66.4 Å². The van der Waals surface area contributed by atoms with Crippen LogP contribution < -0.4 is 5.32 Å². The van der Waals surface area contributed by atoms with Gasteiger partial charge in [0.05, 0.1) is 5.41 Å². The van der Waals surface area contributed by atoms with E-state index < -0.39 is 11.4 Å². The SMILES string of the molecule is CCC(CC)(CC(=O)NCCCCSC)C(=O)O. The van der Waals surface area contributed by atoms with Gasteiger partial charge in [-0.15, -0.1) is 0 Å². The number of thioether (sulfide) groups is 1. The Bertz CT molecular complexity index is 265. The van der Waals surface area contributed by atoms with Crippen LogP contribution in [0.5, 0.6) is 0 Å². The lowest BCUT2D eigenvalue weighted by Gasteiger charge is -2.25. The maximum Gasteiger partial charge on any atom is 0.310 e. The Morgan fingerprint density at radius 2 is 1.83 bits per heavy atom. The van der Waals surface area contributed by atoms with E-state index in [9.17, 15) is 14.7 Å². The van der Waals surface area contributed by atoms with Gasteiger partial charge in [0.1, 0.15) is 0 Å². The Hall–Kier alpha value is -0.710. The molecule has 0 saturated carbocycles. The molecule has 0 aliphatic carbocycles. The summed E-state index contributed by atoms with van der Waals surface area (Å²) >= 11 is 1.79. The van der Waals surface area contributed by atoms with E-state index in [4.69, 9.17) is 0 Å². The molecular formula is C13H25NO3S. The van der Waals surface area contributed by atoms with Crippen LogP contribution in [0.25, 0.3) is 0 Å². The van der Waals surface area contributed by atoms with Crippen molar-refractivity contribution in [1.29, 1.82) is 0 Å². The van der Waals surface area contributed by atoms with Crippen LogP contribution in [0, 0.1) is 5.41 Å². The van der Waals surface area contributed by atoms with Crippen LogP contribution in [0.1, 0.15) is 46.0 Å². The summed E-state index contributed by atoms with van der Waals surface area (Å²) in [5.41, 5.74) is -0.899. The summed E-state index contributed by atoms with van der Waals surface area (Å²) in [4.78, 5) is 23.0. The van der Waals surface area contributed by atoms with E-state index in [0.29, 0.717) is 19.4 Å². The molecule has 0 saturated heterocycles. The lowest BCUT2D eigenvalue weighted by molar-refractivity contribution is -0.152. The van der Waals surface area contributed by atoms with E-state index in [1.807, 2.05) is 13.8 Å². The molecule has 0 aromatic rings. The Kier molecular flexibility index (Phi) is 8.89. The van der Waals surface area contributed by atoms with E-state index in [2.05, 4.69) is 11.6 Å². The molecule has 2 N–H and O–H groups in total. The number of carboxylic acids is 1. The van der Waals surface area contributed by atoms with Gasteiger partial charge >= 0.3 is 5.97 Å². The highest BCUT2D eigenvalue weighted by molar-refractivity contribution is 7.98. The third kappa shape index (κ3) is 5.76. The highest BCUT2D eigenvalue weighted by Crippen LogP contribution is 2.30. The number of aliphatic carboxylic acids is 1. The van der Waals surface area contributed by atoms with Gasteiger partial charge in [-0.3, -0.25) is 9.59 Å². The Morgan fingerprint density at radius 3 is 2.28 bits per heavy atom. The molecule has 0 fully saturated rings. The summed E-state index contributed by atoms with van der Waals surface area (Å²) in [5, 5.41) is 12.0. The molecule has 4 nitrogen and oxygen atoms in total. The average Bonchev–Trinajstić information content (AvgIpc) is 2.35. The van der Waals surface area contributed by atoms with E-state index in [1.54, 1.807) is 11.8 Å². The molecule has 0 bridgehead atoms. The molecule has 0 aliphatic heterocycles. The van der Waals surface area contributed by atoms with Crippen molar-refractivity contribution < 1.29 is 14.7 Å². The molecule has 0 rings (SSSR count). The van der Waals surface area contributed by atoms with E-state index in [1.165, 1.54) is 0 Å². The second kappa shape index (κ2) is 9.25. The van der Waals surface area contributed by atoms with Crippen molar-refractivity contribution in [2.24, 2.45) is 5.41 Å². The zero-order valence-corrected chi connectivity index (χ0v) is 12.4. The van der Waals surface area contributed by atoms with Crippen LogP contribution in [0.15, 0.2) is 0 Å². The van der Waals surface area contributed by atoms with Crippen LogP contribution >= 0.6 is 11.8 Å². The second-order valence-corrected chi connectivity index (χ2v) is 5.50. The van der Waals surface area contributed by atoms with Gasteiger partial charge in [0.25, 0.3) is 0 Å². The summed E-state index contributed by atoms with van der Waals surface area (Å²) in [6.07, 6.45) is 5.13. The van der Waals surface area contributed by atoms with Crippen LogP contribution in [-0.4, -0.2) is 35.5 Å². The van der Waals surface area contributed by atoms with E-state index in [0.717, 1.165) is 18.6 Å². The summed E-state index contributed by atoms with van der Waals surface area (Å²) in [6.45, 7) is 4.29. The second-order valence-electron chi connectivity index (χ2n) is 4.52. The molecule has 0 unspecified atom stereocenters. The van der Waals surface area contributed by atoms with Gasteiger partial charge in [0.15, 0.2) is 0 Å². The van der Waals surface area contributed by atoms with Crippen molar-refractivity contribution in [3.8, 4) is 0 Å². The summed E-state index contributed by atoms with van der Waals surface area (Å²) < 4.78 is 0. The number of carbonyl (C=O) groups excluding carboxylic acids is 1. The fourth-order valence-electron chi connectivity index (χ4n) is 1.85. The number of carbonyl (C=O) groups is 2. The lowest BCUT2D eigenvalue weighted by Crippen LogP contribution is -2.37. The molecule has 0 aromatic carbocycles. The van der Waals surface area contributed by atoms with Gasteiger partial charge in [-0.25, -0.2) is 0 Å². The number of hydrogen-bond acceptors (Lipinski definition) is 3. The number of unbranched alkanes of at least 4 members (excludes halogenated alkanes) is 1. The monoisotopic (exact) mass is 275 g/mol. The zero-order chi connectivity index (χ0) is 14.0. The van der Waals surface area contributed by atoms with Crippen molar-refractivity contribution in [2.45, 2.75) is 46.0 Å². The van der Waals surface area contributed by atoms with Gasteiger partial charge in [0, 0.05) is 13.0 Å². The quantitative estimate of drug-likeness (QED) is 0.601. The number of rotatable bonds is 10. The van der Waals surface area contributed by atoms with E-state index >= 15 is 0 Å². The van der Waals surface area contributed by atoms with Gasteiger partial charge in [0.2, 0.25) is 5.91 Å². The third-order valence-corrected chi connectivity index (χ3v) is 4.10. The minimum absolute atomic E-state index is 0.0812. The summed E-state index contributed by atoms with van der Waals surface area (Å²) in [6, 6.07) is 0. The first kappa shape index (κ1) is 17.3. The molecule has 0 aliphatic rings. The fourth-order valence-corrected chi connectivity index (χ4v) is 2.34. The molecule has 1 amide bonds. The predicted molar refractivity (Wildman–Crippen MR) is 75.9 cm³/mol. The summed E-state index contributed by atoms with van der Waals surface area (Å²) in [7, 11) is 0. The van der Waals surface area contributed by atoms with Gasteiger partial charge in [-0.05, 0) is 37.7 Å². The van der Waals surface area contributed by atoms with Crippen molar-refractivity contribution in [2.75, 3.05) is 18.6 Å². The maximum atomic E-state index is 11.7. The molecular weight excluding hydrogens is 250 g/mol. The fraction of sp³-hybridized carbons (Fsp3) is 0.846. The molecule has 0 heterocycles. The summed E-state index contributed by atoms with van der Waals surface area (Å²) in [5.74, 6) is 0.0778. The first-order valence-corrected chi connectivity index (χ1v) is 7.90. The number of hydrogen-bond donors (Lipinski definition) is 2. The van der Waals surface area contributed by atoms with Crippen molar-refractivity contribution in [3.05, 3.63) is 0 Å². The first-order valence-electron chi connectivity index (χ1n) is 6.51. The number of nitrogens with one attached hydrogen (secondary N) is 1. The highest BCUT2D eigenvalue weighted by atomic mass is 32.2. The van der Waals surface area contributed by atoms with Gasteiger partial charge < -0.3 is 10.4 Å². The normalized spacial score (nSPS) is 11.3. The number of carboxylic acid groups (broad SMARTS) is 1. The van der Waals surface area contributed by atoms with Crippen LogP contribution in [0.4, 0.5) is 0 Å². The molecule has 18 heavy (non-hydrogen) atoms. The average molecular weight is 275 g/mol. The van der Waals surface area contributed by atoms with Gasteiger partial charge in [-0.1, -0.05) is 13.8 Å². The van der Waals surface area contributed by atoms with Crippen molar-refractivity contribution in [3.63, 3.8) is 0 Å². The molecule has 0 radical (unpaired) electrons. The maximum absolute atomic E-state index is 11.7. The number of amides is 1. The van der Waals surface area contributed by atoms with Crippen molar-refractivity contribution in [1.82, 2.24) is 5.32 Å². The Balaban J connectivity index is 4.08. The zero-order valence-electron chi connectivity index (χ0n) is 11.6. The molecule has 0 spiro atoms. The first-order chi connectivity index (χ1) is 8.52. The minimum atomic E-state index is -0.899. The standard InChI is InChI=1S/C13H25NO3S/c1-4-13(5-2,12(16)17)10-11(15)14-8-6-7-9-18-3/h4-10H2,1-3H3,(H,14,15)(H,16,17). The third-order valence-electron chi connectivity index (χ3n) is 3.40. The Labute approximate surface area is 114 Å². The van der Waals surface area contributed by atoms with Crippen LogP contribution in [0.3, 0.4) is 0 Å². The van der Waals surface area contributed by atoms with Gasteiger partial charge in [-0.2, -0.15) is 11.8 Å². The van der Waals surface area contributed by atoms with Crippen LogP contribution in [-0.2, 0) is 9.59 Å². The largest absolute Gasteiger partial charge is 0.481 e. The Morgan fingerprint density at radius 1 is 1.22 bits per heavy atom. The predicted octanol–water partition coefficient (Wildman–Crippen LogP) is 2.53. The molecule has 106 valence electrons. The molecule has 5 heteroatoms. The highest BCUT2D eigenvalue weighted by Gasteiger charge is 2.36. The smallest absolute Gasteiger partial charge is 0.310 e. The van der Waals surface area contributed by atoms with Crippen molar-refractivity contribution >= 4 is 23.6 Å². The minimum Gasteiger partial charge on any atom is -0.481 e.